The summed E-state index contributed by atoms with van der Waals surface area (Å²) in [6.45, 7) is 0.762. The first-order chi connectivity index (χ1) is 9.81. The fourth-order valence-electron chi connectivity index (χ4n) is 1.88. The van der Waals surface area contributed by atoms with E-state index in [4.69, 9.17) is 4.42 Å². The van der Waals surface area contributed by atoms with E-state index in [9.17, 15) is 4.79 Å². The fraction of sp³-hybridized carbons (Fsp3) is 0.0667. The zero-order valence-electron chi connectivity index (χ0n) is 10.7. The number of nitrogens with zero attached hydrogens (tertiary/aromatic N) is 1. The van der Waals surface area contributed by atoms with Gasteiger partial charge < -0.3 is 9.73 Å². The first kappa shape index (κ1) is 12.2. The van der Waals surface area contributed by atoms with Gasteiger partial charge in [0.2, 0.25) is 5.89 Å². The highest BCUT2D eigenvalue weighted by Crippen LogP contribution is 2.18. The van der Waals surface area contributed by atoms with Crippen molar-refractivity contribution in [1.82, 2.24) is 10.2 Å². The van der Waals surface area contributed by atoms with Gasteiger partial charge in [-0.1, -0.05) is 30.3 Å². The molecule has 0 unspecified atom stereocenters. The van der Waals surface area contributed by atoms with Crippen LogP contribution in [0.15, 0.2) is 63.8 Å². The molecule has 0 aliphatic heterocycles. The van der Waals surface area contributed by atoms with E-state index in [1.807, 2.05) is 42.5 Å². The molecule has 1 aromatic heterocycles. The molecule has 0 saturated heterocycles. The lowest BCUT2D eigenvalue weighted by Gasteiger charge is -2.06. The summed E-state index contributed by atoms with van der Waals surface area (Å²) < 4.78 is 4.90. The molecule has 3 aromatic rings. The van der Waals surface area contributed by atoms with Crippen LogP contribution in [0.2, 0.25) is 0 Å². The minimum absolute atomic E-state index is 0.296. The van der Waals surface area contributed by atoms with E-state index >= 15 is 0 Å². The molecular weight excluding hydrogens is 254 g/mol. The number of aromatic amines is 1. The van der Waals surface area contributed by atoms with Crippen molar-refractivity contribution in [2.24, 2.45) is 0 Å². The van der Waals surface area contributed by atoms with Gasteiger partial charge in [-0.05, 0) is 29.8 Å². The summed E-state index contributed by atoms with van der Waals surface area (Å²) in [5, 5.41) is 9.35. The Morgan fingerprint density at radius 3 is 2.45 bits per heavy atom. The summed E-state index contributed by atoms with van der Waals surface area (Å²) in [4.78, 5) is 10.9. The molecular formula is C15H13N3O2. The Bertz CT molecular complexity index is 730. The molecule has 0 aliphatic carbocycles. The zero-order valence-corrected chi connectivity index (χ0v) is 10.7. The van der Waals surface area contributed by atoms with Crippen LogP contribution in [0.4, 0.5) is 5.69 Å². The Morgan fingerprint density at radius 1 is 1.05 bits per heavy atom. The number of H-pyrrole nitrogens is 1. The zero-order chi connectivity index (χ0) is 13.8. The van der Waals surface area contributed by atoms with Crippen molar-refractivity contribution < 1.29 is 4.42 Å². The maximum absolute atomic E-state index is 10.9. The van der Waals surface area contributed by atoms with Crippen LogP contribution in [0.25, 0.3) is 11.5 Å². The molecule has 0 bridgehead atoms. The van der Waals surface area contributed by atoms with E-state index in [1.165, 1.54) is 5.56 Å². The Kier molecular flexibility index (Phi) is 3.33. The van der Waals surface area contributed by atoms with Gasteiger partial charge in [0.05, 0.1) is 0 Å². The largest absolute Gasteiger partial charge is 0.434 e. The molecule has 0 atom stereocenters. The summed E-state index contributed by atoms with van der Waals surface area (Å²) >= 11 is 0. The van der Waals surface area contributed by atoms with Gasteiger partial charge in [-0.2, -0.15) is 0 Å². The lowest BCUT2D eigenvalue weighted by atomic mass is 10.2. The third-order valence-corrected chi connectivity index (χ3v) is 2.91. The monoisotopic (exact) mass is 267 g/mol. The average molecular weight is 267 g/mol. The topological polar surface area (TPSA) is 70.9 Å². The van der Waals surface area contributed by atoms with Gasteiger partial charge in [-0.25, -0.2) is 9.89 Å². The molecule has 1 heterocycles. The van der Waals surface area contributed by atoms with Gasteiger partial charge in [0.15, 0.2) is 0 Å². The van der Waals surface area contributed by atoms with E-state index in [2.05, 4.69) is 27.6 Å². The van der Waals surface area contributed by atoms with Crippen LogP contribution in [-0.4, -0.2) is 10.2 Å². The summed E-state index contributed by atoms with van der Waals surface area (Å²) in [6.07, 6.45) is 0. The summed E-state index contributed by atoms with van der Waals surface area (Å²) in [5.41, 5.74) is 2.97. The van der Waals surface area contributed by atoms with E-state index in [0.717, 1.165) is 17.8 Å². The second-order valence-corrected chi connectivity index (χ2v) is 4.33. The van der Waals surface area contributed by atoms with Gasteiger partial charge in [0.25, 0.3) is 0 Å². The number of hydrogen-bond acceptors (Lipinski definition) is 4. The minimum Gasteiger partial charge on any atom is -0.388 e. The van der Waals surface area contributed by atoms with E-state index in [-0.39, 0.29) is 0 Å². The number of rotatable bonds is 4. The standard InChI is InChI=1S/C15H13N3O2/c19-15-18-17-14(20-15)12-6-8-13(9-7-12)16-10-11-4-2-1-3-5-11/h1-9,16H,10H2,(H,18,19). The highest BCUT2D eigenvalue weighted by atomic mass is 16.4. The molecule has 2 N–H and O–H groups in total. The number of aromatic nitrogens is 2. The molecule has 0 radical (unpaired) electrons. The predicted octanol–water partition coefficient (Wildman–Crippen LogP) is 2.64. The van der Waals surface area contributed by atoms with Crippen molar-refractivity contribution >= 4 is 5.69 Å². The van der Waals surface area contributed by atoms with E-state index in [0.29, 0.717) is 5.89 Å². The highest BCUT2D eigenvalue weighted by Gasteiger charge is 2.04. The summed E-state index contributed by atoms with van der Waals surface area (Å²) in [5.74, 6) is -0.254. The molecule has 0 saturated carbocycles. The smallest absolute Gasteiger partial charge is 0.388 e. The Hall–Kier alpha value is -2.82. The first-order valence-corrected chi connectivity index (χ1v) is 6.25. The fourth-order valence-corrected chi connectivity index (χ4v) is 1.88. The molecule has 2 aromatic carbocycles. The van der Waals surface area contributed by atoms with Crippen LogP contribution in [0.3, 0.4) is 0 Å². The normalized spacial score (nSPS) is 10.4. The molecule has 0 fully saturated rings. The maximum atomic E-state index is 10.9. The highest BCUT2D eigenvalue weighted by molar-refractivity contribution is 5.58. The van der Waals surface area contributed by atoms with Gasteiger partial charge in [-0.3, -0.25) is 0 Å². The third kappa shape index (κ3) is 2.77. The molecule has 0 amide bonds. The van der Waals surface area contributed by atoms with Crippen LogP contribution < -0.4 is 11.1 Å². The van der Waals surface area contributed by atoms with Crippen LogP contribution in [0, 0.1) is 0 Å². The third-order valence-electron chi connectivity index (χ3n) is 2.91. The van der Waals surface area contributed by atoms with Gasteiger partial charge in [0.1, 0.15) is 0 Å². The molecule has 20 heavy (non-hydrogen) atoms. The Morgan fingerprint density at radius 2 is 1.80 bits per heavy atom. The van der Waals surface area contributed by atoms with Crippen LogP contribution >= 0.6 is 0 Å². The van der Waals surface area contributed by atoms with Crippen molar-refractivity contribution in [1.29, 1.82) is 0 Å². The summed E-state index contributed by atoms with van der Waals surface area (Å²) in [6, 6.07) is 17.7. The molecule has 100 valence electrons. The van der Waals surface area contributed by atoms with Crippen molar-refractivity contribution in [3.8, 4) is 11.5 Å². The maximum Gasteiger partial charge on any atom is 0.434 e. The predicted molar refractivity (Wildman–Crippen MR) is 76.3 cm³/mol. The Balaban J connectivity index is 1.69. The SMILES string of the molecule is O=c1[nH]nc(-c2ccc(NCc3ccccc3)cc2)o1. The average Bonchev–Trinajstić information content (AvgIpc) is 2.93. The van der Waals surface area contributed by atoms with Crippen molar-refractivity contribution in [2.45, 2.75) is 6.54 Å². The summed E-state index contributed by atoms with van der Waals surface area (Å²) in [7, 11) is 0. The second kappa shape index (κ2) is 5.44. The lowest BCUT2D eigenvalue weighted by molar-refractivity contribution is 0.527. The molecule has 0 spiro atoms. The Labute approximate surface area is 115 Å². The lowest BCUT2D eigenvalue weighted by Crippen LogP contribution is -1.98. The van der Waals surface area contributed by atoms with Gasteiger partial charge in [0, 0.05) is 17.8 Å². The molecule has 5 heteroatoms. The number of anilines is 1. The number of nitrogens with one attached hydrogen (secondary N) is 2. The van der Waals surface area contributed by atoms with Crippen molar-refractivity contribution in [2.75, 3.05) is 5.32 Å². The van der Waals surface area contributed by atoms with Crippen LogP contribution in [-0.2, 0) is 6.54 Å². The van der Waals surface area contributed by atoms with Gasteiger partial charge in [-0.15, -0.1) is 5.10 Å². The van der Waals surface area contributed by atoms with Gasteiger partial charge >= 0.3 is 5.76 Å². The van der Waals surface area contributed by atoms with Crippen molar-refractivity contribution in [3.63, 3.8) is 0 Å². The second-order valence-electron chi connectivity index (χ2n) is 4.33. The molecule has 0 aliphatic rings. The number of benzene rings is 2. The molecule has 3 rings (SSSR count). The van der Waals surface area contributed by atoms with Crippen LogP contribution in [0.5, 0.6) is 0 Å². The van der Waals surface area contributed by atoms with Crippen LogP contribution in [0.1, 0.15) is 5.56 Å². The van der Waals surface area contributed by atoms with E-state index in [1.54, 1.807) is 0 Å². The molecule has 5 nitrogen and oxygen atoms in total. The quantitative estimate of drug-likeness (QED) is 0.762. The van der Waals surface area contributed by atoms with Crippen molar-refractivity contribution in [3.05, 3.63) is 70.7 Å². The minimum atomic E-state index is -0.550. The van der Waals surface area contributed by atoms with E-state index < -0.39 is 5.76 Å². The number of hydrogen-bond donors (Lipinski definition) is 2. The first-order valence-electron chi connectivity index (χ1n) is 6.25.